The minimum Gasteiger partial charge on any atom is -0.395 e. The molecule has 1 aromatic rings. The van der Waals surface area contributed by atoms with Gasteiger partial charge in [-0.05, 0) is 30.7 Å². The summed E-state index contributed by atoms with van der Waals surface area (Å²) in [5.74, 6) is 6.81. The van der Waals surface area contributed by atoms with E-state index in [9.17, 15) is 4.79 Å². The molecular weight excluding hydrogens is 264 g/mol. The van der Waals surface area contributed by atoms with E-state index in [4.69, 9.17) is 5.11 Å². The maximum Gasteiger partial charge on any atom is 0.252 e. The van der Waals surface area contributed by atoms with Crippen LogP contribution in [0.2, 0.25) is 0 Å². The van der Waals surface area contributed by atoms with Crippen molar-refractivity contribution in [2.45, 2.75) is 39.2 Å². The fourth-order valence-corrected chi connectivity index (χ4v) is 2.72. The van der Waals surface area contributed by atoms with Crippen molar-refractivity contribution in [2.75, 3.05) is 6.61 Å². The molecule has 0 bridgehead atoms. The number of aliphatic hydroxyl groups excluding tert-OH is 1. The van der Waals surface area contributed by atoms with Crippen LogP contribution in [0.3, 0.4) is 0 Å². The molecule has 4 heteroatoms. The van der Waals surface area contributed by atoms with E-state index in [0.29, 0.717) is 29.4 Å². The van der Waals surface area contributed by atoms with Gasteiger partial charge in [-0.15, -0.1) is 0 Å². The maximum absolute atomic E-state index is 12.5. The number of hydrogen-bond donors (Lipinski definition) is 2. The van der Waals surface area contributed by atoms with Crippen LogP contribution < -0.4 is 5.32 Å². The Kier molecular flexibility index (Phi) is 5.35. The van der Waals surface area contributed by atoms with Crippen molar-refractivity contribution in [3.05, 3.63) is 29.6 Å². The molecule has 2 rings (SSSR count). The lowest BCUT2D eigenvalue weighted by Crippen LogP contribution is -2.37. The molecule has 1 fully saturated rings. The van der Waals surface area contributed by atoms with Crippen molar-refractivity contribution in [2.24, 2.45) is 11.8 Å². The Morgan fingerprint density at radius 1 is 1.48 bits per heavy atom. The molecule has 0 spiro atoms. The zero-order valence-corrected chi connectivity index (χ0v) is 12.6. The topological polar surface area (TPSA) is 62.2 Å². The number of nitrogens with zero attached hydrogens (tertiary/aromatic N) is 1. The average Bonchev–Trinajstić information content (AvgIpc) is 2.80. The molecule has 0 aliphatic heterocycles. The summed E-state index contributed by atoms with van der Waals surface area (Å²) in [6, 6.07) is 1.93. The highest BCUT2D eigenvalue weighted by Crippen LogP contribution is 2.31. The molecule has 3 atom stereocenters. The number of pyridine rings is 1. The molecule has 1 saturated carbocycles. The summed E-state index contributed by atoms with van der Waals surface area (Å²) < 4.78 is 0. The second-order valence-electron chi connectivity index (χ2n) is 5.69. The lowest BCUT2D eigenvalue weighted by Gasteiger charge is -2.20. The van der Waals surface area contributed by atoms with Gasteiger partial charge < -0.3 is 10.4 Å². The zero-order valence-electron chi connectivity index (χ0n) is 12.6. The number of aromatic nitrogens is 1. The van der Waals surface area contributed by atoms with Gasteiger partial charge in [0.2, 0.25) is 0 Å². The Morgan fingerprint density at radius 3 is 2.95 bits per heavy atom. The quantitative estimate of drug-likeness (QED) is 0.835. The predicted molar refractivity (Wildman–Crippen MR) is 81.6 cm³/mol. The van der Waals surface area contributed by atoms with Gasteiger partial charge in [-0.1, -0.05) is 25.7 Å². The normalized spacial score (nSPS) is 24.2. The minimum absolute atomic E-state index is 0.0201. The van der Waals surface area contributed by atoms with E-state index in [1.165, 1.54) is 0 Å². The first-order valence-corrected chi connectivity index (χ1v) is 7.48. The number of nitrogens with one attached hydrogen (secondary N) is 1. The van der Waals surface area contributed by atoms with Gasteiger partial charge in [0, 0.05) is 24.9 Å². The second-order valence-corrected chi connectivity index (χ2v) is 5.69. The van der Waals surface area contributed by atoms with Crippen molar-refractivity contribution in [1.82, 2.24) is 10.3 Å². The molecule has 2 N–H and O–H groups in total. The summed E-state index contributed by atoms with van der Waals surface area (Å²) in [5, 5.41) is 11.9. The molecule has 3 unspecified atom stereocenters. The molecule has 4 nitrogen and oxygen atoms in total. The standard InChI is InChI=1S/C17H22N2O2/c1-12-6-7-16(13(12)2)19-17(21)15-8-9-18-11-14(15)5-3-4-10-20/h8-9,11-13,16,20H,4,6-7,10H2,1-2H3,(H,19,21). The molecule has 0 radical (unpaired) electrons. The third-order valence-corrected chi connectivity index (χ3v) is 4.31. The SMILES string of the molecule is CC1CCC(NC(=O)c2ccncc2C#CCCO)C1C. The van der Waals surface area contributed by atoms with Crippen LogP contribution in [0.5, 0.6) is 0 Å². The maximum atomic E-state index is 12.5. The first-order valence-electron chi connectivity index (χ1n) is 7.48. The molecule has 1 heterocycles. The lowest BCUT2D eigenvalue weighted by molar-refractivity contribution is 0.0927. The smallest absolute Gasteiger partial charge is 0.252 e. The van der Waals surface area contributed by atoms with Crippen LogP contribution in [-0.2, 0) is 0 Å². The Labute approximate surface area is 126 Å². The van der Waals surface area contributed by atoms with Crippen LogP contribution in [0.1, 0.15) is 49.0 Å². The van der Waals surface area contributed by atoms with E-state index in [2.05, 4.69) is 36.0 Å². The summed E-state index contributed by atoms with van der Waals surface area (Å²) in [6.07, 6.45) is 5.79. The van der Waals surface area contributed by atoms with Gasteiger partial charge in [-0.25, -0.2) is 0 Å². The number of rotatable bonds is 3. The van der Waals surface area contributed by atoms with Crippen LogP contribution in [0.15, 0.2) is 18.5 Å². The summed E-state index contributed by atoms with van der Waals surface area (Å²) in [4.78, 5) is 16.5. The minimum atomic E-state index is -0.0864. The Morgan fingerprint density at radius 2 is 2.29 bits per heavy atom. The van der Waals surface area contributed by atoms with Gasteiger partial charge in [0.05, 0.1) is 17.7 Å². The summed E-state index contributed by atoms with van der Waals surface area (Å²) >= 11 is 0. The van der Waals surface area contributed by atoms with Gasteiger partial charge in [0.15, 0.2) is 0 Å². The van der Waals surface area contributed by atoms with E-state index in [1.54, 1.807) is 18.5 Å². The van der Waals surface area contributed by atoms with Crippen LogP contribution >= 0.6 is 0 Å². The van der Waals surface area contributed by atoms with Crippen molar-refractivity contribution in [3.8, 4) is 11.8 Å². The van der Waals surface area contributed by atoms with Crippen molar-refractivity contribution < 1.29 is 9.90 Å². The Balaban J connectivity index is 2.11. The summed E-state index contributed by atoms with van der Waals surface area (Å²) in [7, 11) is 0. The highest BCUT2D eigenvalue weighted by molar-refractivity contribution is 5.96. The van der Waals surface area contributed by atoms with Gasteiger partial charge in [0.25, 0.3) is 5.91 Å². The monoisotopic (exact) mass is 286 g/mol. The molecule has 0 saturated heterocycles. The van der Waals surface area contributed by atoms with Gasteiger partial charge >= 0.3 is 0 Å². The Bertz CT molecular complexity index is 559. The second kappa shape index (κ2) is 7.24. The summed E-state index contributed by atoms with van der Waals surface area (Å²) in [6.45, 7) is 4.44. The Hall–Kier alpha value is -1.86. The largest absolute Gasteiger partial charge is 0.395 e. The zero-order chi connectivity index (χ0) is 15.2. The van der Waals surface area contributed by atoms with E-state index < -0.39 is 0 Å². The van der Waals surface area contributed by atoms with Crippen LogP contribution in [0, 0.1) is 23.7 Å². The predicted octanol–water partition coefficient (Wildman–Crippen LogP) is 1.98. The van der Waals surface area contributed by atoms with Crippen LogP contribution in [-0.4, -0.2) is 28.6 Å². The molecule has 1 aromatic heterocycles. The van der Waals surface area contributed by atoms with Crippen molar-refractivity contribution >= 4 is 5.91 Å². The highest BCUT2D eigenvalue weighted by atomic mass is 16.2. The molecule has 0 aromatic carbocycles. The first kappa shape index (κ1) is 15.5. The third-order valence-electron chi connectivity index (χ3n) is 4.31. The number of hydrogen-bond acceptors (Lipinski definition) is 3. The third kappa shape index (κ3) is 3.83. The number of carbonyl (C=O) groups is 1. The summed E-state index contributed by atoms with van der Waals surface area (Å²) in [5.41, 5.74) is 1.17. The molecule has 1 aliphatic rings. The molecular formula is C17H22N2O2. The van der Waals surface area contributed by atoms with Gasteiger partial charge in [-0.2, -0.15) is 0 Å². The van der Waals surface area contributed by atoms with E-state index in [0.717, 1.165) is 12.8 Å². The number of carbonyl (C=O) groups excluding carboxylic acids is 1. The van der Waals surface area contributed by atoms with Gasteiger partial charge in [-0.3, -0.25) is 9.78 Å². The van der Waals surface area contributed by atoms with Crippen molar-refractivity contribution in [1.29, 1.82) is 0 Å². The van der Waals surface area contributed by atoms with E-state index >= 15 is 0 Å². The fraction of sp³-hybridized carbons (Fsp3) is 0.529. The molecule has 1 amide bonds. The fourth-order valence-electron chi connectivity index (χ4n) is 2.72. The molecule has 112 valence electrons. The van der Waals surface area contributed by atoms with Gasteiger partial charge in [0.1, 0.15) is 0 Å². The van der Waals surface area contributed by atoms with Crippen LogP contribution in [0.4, 0.5) is 0 Å². The lowest BCUT2D eigenvalue weighted by atomic mass is 9.97. The molecule has 21 heavy (non-hydrogen) atoms. The number of amides is 1. The highest BCUT2D eigenvalue weighted by Gasteiger charge is 2.31. The van der Waals surface area contributed by atoms with Crippen LogP contribution in [0.25, 0.3) is 0 Å². The first-order chi connectivity index (χ1) is 10.1. The van der Waals surface area contributed by atoms with Crippen molar-refractivity contribution in [3.63, 3.8) is 0 Å². The average molecular weight is 286 g/mol. The molecule has 1 aliphatic carbocycles. The number of aliphatic hydroxyl groups is 1. The van der Waals surface area contributed by atoms with E-state index in [1.807, 2.05) is 0 Å². The van der Waals surface area contributed by atoms with E-state index in [-0.39, 0.29) is 18.6 Å².